The van der Waals surface area contributed by atoms with Crippen molar-refractivity contribution in [1.82, 2.24) is 9.80 Å². The lowest BCUT2D eigenvalue weighted by Gasteiger charge is -2.25. The maximum atomic E-state index is 5.94. The molecule has 3 saturated heterocycles. The van der Waals surface area contributed by atoms with Crippen LogP contribution in [0.2, 0.25) is 0 Å². The van der Waals surface area contributed by atoms with Crippen molar-refractivity contribution in [3.05, 3.63) is 12.7 Å². The van der Waals surface area contributed by atoms with Gasteiger partial charge in [0, 0.05) is 39.3 Å². The third-order valence-electron chi connectivity index (χ3n) is 4.79. The minimum atomic E-state index is -0.0905. The minimum Gasteiger partial charge on any atom is -0.378 e. The Hall–Kier alpha value is -0.580. The molecule has 28 heavy (non-hydrogen) atoms. The van der Waals surface area contributed by atoms with Gasteiger partial charge in [0.1, 0.15) is 0 Å². The number of hydrogen-bond acceptors (Lipinski definition) is 8. The molecule has 2 bridgehead atoms. The second kappa shape index (κ2) is 16.2. The summed E-state index contributed by atoms with van der Waals surface area (Å²) in [5.41, 5.74) is 0. The molecule has 0 N–H and O–H groups in total. The van der Waals surface area contributed by atoms with Crippen LogP contribution in [0, 0.1) is 0 Å². The van der Waals surface area contributed by atoms with Crippen LogP contribution < -0.4 is 0 Å². The van der Waals surface area contributed by atoms with Crippen LogP contribution in [0.25, 0.3) is 0 Å². The largest absolute Gasteiger partial charge is 0.378 e. The Morgan fingerprint density at radius 1 is 0.536 bits per heavy atom. The lowest BCUT2D eigenvalue weighted by molar-refractivity contribution is -0.0245. The molecule has 0 aliphatic carbocycles. The van der Waals surface area contributed by atoms with Gasteiger partial charge in [0.15, 0.2) is 0 Å². The molecular formula is C20H38N2O6. The molecule has 3 rings (SSSR count). The van der Waals surface area contributed by atoms with E-state index in [1.54, 1.807) is 0 Å². The predicted octanol–water partition coefficient (Wildman–Crippen LogP) is 0.272. The van der Waals surface area contributed by atoms with Crippen molar-refractivity contribution in [2.24, 2.45) is 0 Å². The number of rotatable bonds is 1. The summed E-state index contributed by atoms with van der Waals surface area (Å²) in [4.78, 5) is 4.60. The van der Waals surface area contributed by atoms with E-state index in [1.165, 1.54) is 0 Å². The molecular weight excluding hydrogens is 364 g/mol. The highest BCUT2D eigenvalue weighted by Crippen LogP contribution is 2.00. The molecule has 0 aromatic heterocycles. The highest BCUT2D eigenvalue weighted by atomic mass is 16.5. The number of fused-ring (bicyclic) bond motifs is 21. The van der Waals surface area contributed by atoms with Gasteiger partial charge in [-0.25, -0.2) is 0 Å². The van der Waals surface area contributed by atoms with Gasteiger partial charge in [0.25, 0.3) is 0 Å². The normalized spacial score (nSPS) is 31.6. The van der Waals surface area contributed by atoms with Gasteiger partial charge in [0.2, 0.25) is 0 Å². The molecule has 3 heterocycles. The lowest BCUT2D eigenvalue weighted by atomic mass is 10.3. The third-order valence-corrected chi connectivity index (χ3v) is 4.79. The van der Waals surface area contributed by atoms with Gasteiger partial charge in [-0.05, 0) is 0 Å². The first-order chi connectivity index (χ1) is 13.9. The Morgan fingerprint density at radius 2 is 0.929 bits per heavy atom. The molecule has 3 aliphatic heterocycles. The van der Waals surface area contributed by atoms with E-state index in [4.69, 9.17) is 28.4 Å². The van der Waals surface area contributed by atoms with Gasteiger partial charge in [-0.3, -0.25) is 9.80 Å². The molecule has 1 unspecified atom stereocenters. The van der Waals surface area contributed by atoms with Crippen LogP contribution in [0.15, 0.2) is 12.7 Å². The van der Waals surface area contributed by atoms with Crippen LogP contribution >= 0.6 is 0 Å². The number of hydrogen-bond donors (Lipinski definition) is 0. The van der Waals surface area contributed by atoms with Crippen LogP contribution in [-0.2, 0) is 28.4 Å². The monoisotopic (exact) mass is 402 g/mol. The van der Waals surface area contributed by atoms with E-state index in [9.17, 15) is 0 Å². The Bertz CT molecular complexity index is 368. The smallest absolute Gasteiger partial charge is 0.0987 e. The maximum Gasteiger partial charge on any atom is 0.0987 e. The van der Waals surface area contributed by atoms with E-state index in [1.807, 2.05) is 6.08 Å². The average molecular weight is 403 g/mol. The highest BCUT2D eigenvalue weighted by molar-refractivity contribution is 4.80. The summed E-state index contributed by atoms with van der Waals surface area (Å²) in [5, 5.41) is 0. The second-order valence-corrected chi connectivity index (χ2v) is 6.85. The maximum absolute atomic E-state index is 5.94. The third kappa shape index (κ3) is 11.4. The molecule has 0 aromatic carbocycles. The molecule has 0 radical (unpaired) electrons. The summed E-state index contributed by atoms with van der Waals surface area (Å²) in [7, 11) is 0. The molecule has 0 amide bonds. The van der Waals surface area contributed by atoms with Gasteiger partial charge in [-0.1, -0.05) is 6.08 Å². The molecule has 3 fully saturated rings. The van der Waals surface area contributed by atoms with Crippen molar-refractivity contribution in [2.45, 2.75) is 6.10 Å². The Morgan fingerprint density at radius 3 is 1.36 bits per heavy atom. The van der Waals surface area contributed by atoms with Gasteiger partial charge in [-0.15, -0.1) is 6.58 Å². The summed E-state index contributed by atoms with van der Waals surface area (Å²) < 4.78 is 34.7. The van der Waals surface area contributed by atoms with E-state index < -0.39 is 0 Å². The van der Waals surface area contributed by atoms with Gasteiger partial charge < -0.3 is 28.4 Å². The van der Waals surface area contributed by atoms with Crippen LogP contribution in [0.4, 0.5) is 0 Å². The molecule has 0 aromatic rings. The lowest BCUT2D eigenvalue weighted by Crippen LogP contribution is -2.37. The molecule has 164 valence electrons. The molecule has 0 saturated carbocycles. The highest BCUT2D eigenvalue weighted by Gasteiger charge is 2.11. The standard InChI is InChI=1S/C20H38N2O6/c1-2-20-19-27-13-7-21-3-9-23-15-17-25-11-5-22(8-14-28-20)6-12-26-18-16-24-10-4-21/h2,20H,1,3-19H2. The number of nitrogens with zero attached hydrogens (tertiary/aromatic N) is 2. The van der Waals surface area contributed by atoms with Gasteiger partial charge in [-0.2, -0.15) is 0 Å². The quantitative estimate of drug-likeness (QED) is 0.580. The zero-order chi connectivity index (χ0) is 19.7. The fourth-order valence-corrected chi connectivity index (χ4v) is 3.00. The van der Waals surface area contributed by atoms with Crippen LogP contribution in [0.1, 0.15) is 0 Å². The van der Waals surface area contributed by atoms with E-state index >= 15 is 0 Å². The zero-order valence-corrected chi connectivity index (χ0v) is 17.2. The van der Waals surface area contributed by atoms with Crippen molar-refractivity contribution >= 4 is 0 Å². The fraction of sp³-hybridized carbons (Fsp3) is 0.900. The molecule has 8 nitrogen and oxygen atoms in total. The van der Waals surface area contributed by atoms with Gasteiger partial charge in [0.05, 0.1) is 78.8 Å². The SMILES string of the molecule is C=CC1COCCN2CCOCCOCCN(CCOCCOCC2)CCO1. The first-order valence-electron chi connectivity index (χ1n) is 10.5. The Labute approximate surface area is 169 Å². The van der Waals surface area contributed by atoms with Crippen molar-refractivity contribution < 1.29 is 28.4 Å². The zero-order valence-electron chi connectivity index (χ0n) is 17.2. The van der Waals surface area contributed by atoms with Crippen LogP contribution in [-0.4, -0.2) is 128 Å². The Kier molecular flexibility index (Phi) is 13.7. The van der Waals surface area contributed by atoms with Crippen molar-refractivity contribution in [1.29, 1.82) is 0 Å². The average Bonchev–Trinajstić information content (AvgIpc) is 2.70. The molecule has 3 aliphatic rings. The minimum absolute atomic E-state index is 0.0905. The molecule has 0 spiro atoms. The molecule has 8 heteroatoms. The Balaban J connectivity index is 1.95. The summed E-state index contributed by atoms with van der Waals surface area (Å²) in [6, 6.07) is 0. The van der Waals surface area contributed by atoms with Crippen molar-refractivity contribution in [3.63, 3.8) is 0 Å². The van der Waals surface area contributed by atoms with Crippen molar-refractivity contribution in [3.8, 4) is 0 Å². The first kappa shape index (κ1) is 23.7. The second-order valence-electron chi connectivity index (χ2n) is 6.85. The van der Waals surface area contributed by atoms with E-state index in [2.05, 4.69) is 16.4 Å². The van der Waals surface area contributed by atoms with Crippen LogP contribution in [0.5, 0.6) is 0 Å². The van der Waals surface area contributed by atoms with Gasteiger partial charge >= 0.3 is 0 Å². The van der Waals surface area contributed by atoms with Crippen LogP contribution in [0.3, 0.4) is 0 Å². The molecule has 1 atom stereocenters. The predicted molar refractivity (Wildman–Crippen MR) is 107 cm³/mol. The van der Waals surface area contributed by atoms with E-state index in [0.717, 1.165) is 39.3 Å². The summed E-state index contributed by atoms with van der Waals surface area (Å²) in [5.74, 6) is 0. The fourth-order valence-electron chi connectivity index (χ4n) is 3.00. The van der Waals surface area contributed by atoms with Crippen molar-refractivity contribution in [2.75, 3.05) is 112 Å². The number of ether oxygens (including phenoxy) is 6. The summed E-state index contributed by atoms with van der Waals surface area (Å²) in [6.07, 6.45) is 1.72. The van der Waals surface area contributed by atoms with E-state index in [0.29, 0.717) is 72.7 Å². The topological polar surface area (TPSA) is 61.9 Å². The first-order valence-corrected chi connectivity index (χ1v) is 10.5. The van der Waals surface area contributed by atoms with E-state index in [-0.39, 0.29) is 6.10 Å². The summed E-state index contributed by atoms with van der Waals surface area (Å²) in [6.45, 7) is 15.9. The summed E-state index contributed by atoms with van der Waals surface area (Å²) >= 11 is 0.